The van der Waals surface area contributed by atoms with Crippen molar-refractivity contribution in [2.75, 3.05) is 0 Å². The summed E-state index contributed by atoms with van der Waals surface area (Å²) < 4.78 is 0. The van der Waals surface area contributed by atoms with E-state index in [4.69, 9.17) is 0 Å². The highest BCUT2D eigenvalue weighted by molar-refractivity contribution is 5.82. The molecule has 0 aliphatic carbocycles. The lowest BCUT2D eigenvalue weighted by molar-refractivity contribution is -0.130. The molecule has 0 spiro atoms. The van der Waals surface area contributed by atoms with Crippen molar-refractivity contribution in [3.8, 4) is 0 Å². The highest BCUT2D eigenvalue weighted by Gasteiger charge is 2.41. The summed E-state index contributed by atoms with van der Waals surface area (Å²) in [6, 6.07) is 0. The number of rotatable bonds is 8. The van der Waals surface area contributed by atoms with E-state index >= 15 is 0 Å². The summed E-state index contributed by atoms with van der Waals surface area (Å²) in [5.41, 5.74) is 0.244. The zero-order valence-electron chi connectivity index (χ0n) is 13.0. The second-order valence-electron chi connectivity index (χ2n) is 5.94. The number of hydrogen-bond acceptors (Lipinski definition) is 1. The molecule has 0 saturated carbocycles. The summed E-state index contributed by atoms with van der Waals surface area (Å²) in [5.74, 6) is 1.03. The van der Waals surface area contributed by atoms with E-state index < -0.39 is 0 Å². The van der Waals surface area contributed by atoms with Crippen LogP contribution in [-0.4, -0.2) is 5.78 Å². The molecule has 0 saturated heterocycles. The SMILES string of the molecule is CCC(CC)(CC(CC)(CC)C(C)C)C(C)=O. The molecular formula is C16H32O. The predicted octanol–water partition coefficient (Wildman–Crippen LogP) is 5.23. The molecular weight excluding hydrogens is 208 g/mol. The zero-order chi connectivity index (χ0) is 13.7. The molecule has 1 heteroatoms. The Morgan fingerprint density at radius 2 is 1.35 bits per heavy atom. The molecule has 0 unspecified atom stereocenters. The van der Waals surface area contributed by atoms with E-state index in [1.807, 2.05) is 0 Å². The molecule has 0 fully saturated rings. The standard InChI is InChI=1S/C16H32O/c1-8-15(9-2,13(5)6)12-16(10-3,11-4)14(7)17/h13H,8-12H2,1-7H3. The quantitative estimate of drug-likeness (QED) is 0.567. The maximum Gasteiger partial charge on any atom is 0.135 e. The van der Waals surface area contributed by atoms with Crippen LogP contribution in [0.3, 0.4) is 0 Å². The van der Waals surface area contributed by atoms with Crippen molar-refractivity contribution in [2.24, 2.45) is 16.7 Å². The first-order valence-electron chi connectivity index (χ1n) is 7.35. The second kappa shape index (κ2) is 6.56. The monoisotopic (exact) mass is 240 g/mol. The summed E-state index contributed by atoms with van der Waals surface area (Å²) in [6.07, 6.45) is 5.38. The average Bonchev–Trinajstić information content (AvgIpc) is 2.31. The van der Waals surface area contributed by atoms with Gasteiger partial charge < -0.3 is 0 Å². The van der Waals surface area contributed by atoms with Gasteiger partial charge in [0.25, 0.3) is 0 Å². The molecule has 1 nitrogen and oxygen atoms in total. The van der Waals surface area contributed by atoms with Gasteiger partial charge in [0.15, 0.2) is 0 Å². The highest BCUT2D eigenvalue weighted by atomic mass is 16.1. The molecule has 17 heavy (non-hydrogen) atoms. The van der Waals surface area contributed by atoms with Gasteiger partial charge in [0.05, 0.1) is 0 Å². The van der Waals surface area contributed by atoms with Gasteiger partial charge in [-0.1, -0.05) is 54.4 Å². The van der Waals surface area contributed by atoms with Gasteiger partial charge in [-0.25, -0.2) is 0 Å². The van der Waals surface area contributed by atoms with Gasteiger partial charge >= 0.3 is 0 Å². The lowest BCUT2D eigenvalue weighted by Gasteiger charge is -2.44. The summed E-state index contributed by atoms with van der Waals surface area (Å²) in [6.45, 7) is 15.3. The number of hydrogen-bond donors (Lipinski definition) is 0. The van der Waals surface area contributed by atoms with Crippen molar-refractivity contribution in [2.45, 2.75) is 80.6 Å². The van der Waals surface area contributed by atoms with E-state index in [0.717, 1.165) is 19.3 Å². The normalized spacial score (nSPS) is 13.2. The van der Waals surface area contributed by atoms with Gasteiger partial charge in [0.2, 0.25) is 0 Å². The van der Waals surface area contributed by atoms with Crippen molar-refractivity contribution in [1.29, 1.82) is 0 Å². The third kappa shape index (κ3) is 3.33. The lowest BCUT2D eigenvalue weighted by atomic mass is 9.60. The van der Waals surface area contributed by atoms with Crippen LogP contribution in [-0.2, 0) is 4.79 Å². The minimum absolute atomic E-state index is 0.0870. The summed E-state index contributed by atoms with van der Waals surface area (Å²) >= 11 is 0. The van der Waals surface area contributed by atoms with Crippen LogP contribution in [0.2, 0.25) is 0 Å². The van der Waals surface area contributed by atoms with Gasteiger partial charge in [-0.2, -0.15) is 0 Å². The Kier molecular flexibility index (Phi) is 6.43. The minimum Gasteiger partial charge on any atom is -0.299 e. The molecule has 0 aromatic heterocycles. The van der Waals surface area contributed by atoms with Crippen LogP contribution < -0.4 is 0 Å². The molecule has 0 amide bonds. The van der Waals surface area contributed by atoms with Gasteiger partial charge in [-0.3, -0.25) is 4.79 Å². The van der Waals surface area contributed by atoms with E-state index in [2.05, 4.69) is 41.5 Å². The van der Waals surface area contributed by atoms with E-state index in [-0.39, 0.29) is 5.41 Å². The molecule has 0 radical (unpaired) electrons. The molecule has 0 aliphatic heterocycles. The van der Waals surface area contributed by atoms with Gasteiger partial charge in [0.1, 0.15) is 5.78 Å². The first kappa shape index (κ1) is 16.7. The molecule has 0 N–H and O–H groups in total. The van der Waals surface area contributed by atoms with Gasteiger partial charge in [0, 0.05) is 5.41 Å². The van der Waals surface area contributed by atoms with Crippen molar-refractivity contribution in [1.82, 2.24) is 0 Å². The Hall–Kier alpha value is -0.330. The Labute approximate surface area is 108 Å². The van der Waals surface area contributed by atoms with E-state index in [1.54, 1.807) is 6.92 Å². The van der Waals surface area contributed by atoms with Crippen LogP contribution in [0.15, 0.2) is 0 Å². The molecule has 0 rings (SSSR count). The smallest absolute Gasteiger partial charge is 0.135 e. The van der Waals surface area contributed by atoms with Crippen LogP contribution in [0.4, 0.5) is 0 Å². The molecule has 0 heterocycles. The fourth-order valence-electron chi connectivity index (χ4n) is 3.32. The summed E-state index contributed by atoms with van der Waals surface area (Å²) in [5, 5.41) is 0. The number of carbonyl (C=O) groups is 1. The Bertz CT molecular complexity index is 232. The maximum absolute atomic E-state index is 12.1. The van der Waals surface area contributed by atoms with E-state index in [1.165, 1.54) is 12.8 Å². The van der Waals surface area contributed by atoms with E-state index in [0.29, 0.717) is 17.1 Å². The van der Waals surface area contributed by atoms with Gasteiger partial charge in [-0.05, 0) is 37.5 Å². The lowest BCUT2D eigenvalue weighted by Crippen LogP contribution is -2.38. The Balaban J connectivity index is 5.26. The average molecular weight is 240 g/mol. The van der Waals surface area contributed by atoms with Gasteiger partial charge in [-0.15, -0.1) is 0 Å². The second-order valence-corrected chi connectivity index (χ2v) is 5.94. The molecule has 0 aliphatic rings. The fraction of sp³-hybridized carbons (Fsp3) is 0.938. The molecule has 102 valence electrons. The molecule has 0 atom stereocenters. The van der Waals surface area contributed by atoms with Crippen LogP contribution in [0.5, 0.6) is 0 Å². The summed E-state index contributed by atoms with van der Waals surface area (Å²) in [7, 11) is 0. The maximum atomic E-state index is 12.1. The zero-order valence-corrected chi connectivity index (χ0v) is 13.0. The predicted molar refractivity (Wildman–Crippen MR) is 76.2 cm³/mol. The fourth-order valence-corrected chi connectivity index (χ4v) is 3.32. The van der Waals surface area contributed by atoms with Crippen LogP contribution in [0, 0.1) is 16.7 Å². The topological polar surface area (TPSA) is 17.1 Å². The van der Waals surface area contributed by atoms with E-state index in [9.17, 15) is 4.79 Å². The van der Waals surface area contributed by atoms with Crippen molar-refractivity contribution in [3.05, 3.63) is 0 Å². The minimum atomic E-state index is -0.0870. The number of ketones is 1. The van der Waals surface area contributed by atoms with Crippen LogP contribution in [0.1, 0.15) is 80.6 Å². The third-order valence-corrected chi connectivity index (χ3v) is 5.42. The molecule has 0 aromatic rings. The Morgan fingerprint density at radius 3 is 1.53 bits per heavy atom. The largest absolute Gasteiger partial charge is 0.299 e. The van der Waals surface area contributed by atoms with Crippen LogP contribution in [0.25, 0.3) is 0 Å². The first-order valence-corrected chi connectivity index (χ1v) is 7.35. The van der Waals surface area contributed by atoms with Crippen molar-refractivity contribution < 1.29 is 4.79 Å². The molecule has 0 bridgehead atoms. The molecule has 0 aromatic carbocycles. The van der Waals surface area contributed by atoms with Crippen molar-refractivity contribution >= 4 is 5.78 Å². The summed E-state index contributed by atoms with van der Waals surface area (Å²) in [4.78, 5) is 12.1. The first-order chi connectivity index (χ1) is 7.84. The third-order valence-electron chi connectivity index (χ3n) is 5.42. The highest BCUT2D eigenvalue weighted by Crippen LogP contribution is 2.48. The number of carbonyl (C=O) groups excluding carboxylic acids is 1. The number of Topliss-reactive ketones (excluding diaryl/α,β-unsaturated/α-hetero) is 1. The van der Waals surface area contributed by atoms with Crippen LogP contribution >= 0.6 is 0 Å². The van der Waals surface area contributed by atoms with Crippen molar-refractivity contribution in [3.63, 3.8) is 0 Å². The Morgan fingerprint density at radius 1 is 0.941 bits per heavy atom.